The van der Waals surface area contributed by atoms with Gasteiger partial charge in [-0.3, -0.25) is 0 Å². The lowest BCUT2D eigenvalue weighted by molar-refractivity contribution is 0.252. The normalized spacial score (nSPS) is 14.7. The maximum absolute atomic E-state index is 4.55. The molecular formula is C18H17N7. The summed E-state index contributed by atoms with van der Waals surface area (Å²) in [6, 6.07) is 12.0. The molecule has 0 spiro atoms. The van der Waals surface area contributed by atoms with Crippen LogP contribution in [0.4, 0.5) is 0 Å². The van der Waals surface area contributed by atoms with Crippen LogP contribution in [0.1, 0.15) is 19.3 Å². The number of hydrogen-bond donors (Lipinski definition) is 0. The summed E-state index contributed by atoms with van der Waals surface area (Å²) < 4.78 is 1.83. The molecule has 0 saturated heterocycles. The molecule has 124 valence electrons. The Bertz CT molecular complexity index is 1030. The Morgan fingerprint density at radius 2 is 1.96 bits per heavy atom. The largest absolute Gasteiger partial charge is 0.237 e. The molecule has 7 nitrogen and oxygen atoms in total. The van der Waals surface area contributed by atoms with Gasteiger partial charge in [0, 0.05) is 23.4 Å². The van der Waals surface area contributed by atoms with Crippen molar-refractivity contribution in [1.29, 1.82) is 0 Å². The van der Waals surface area contributed by atoms with E-state index in [1.807, 2.05) is 28.8 Å². The van der Waals surface area contributed by atoms with Crippen LogP contribution in [-0.4, -0.2) is 34.8 Å². The minimum atomic E-state index is 0.659. The summed E-state index contributed by atoms with van der Waals surface area (Å²) in [4.78, 5) is 6.04. The molecule has 3 heterocycles. The van der Waals surface area contributed by atoms with E-state index in [9.17, 15) is 0 Å². The van der Waals surface area contributed by atoms with Gasteiger partial charge in [-0.15, -0.1) is 10.2 Å². The van der Waals surface area contributed by atoms with Crippen molar-refractivity contribution in [2.45, 2.75) is 25.8 Å². The lowest BCUT2D eigenvalue weighted by atomic mass is 9.86. The second-order valence-corrected chi connectivity index (χ2v) is 6.48. The molecule has 0 aliphatic heterocycles. The molecule has 1 saturated carbocycles. The second kappa shape index (κ2) is 5.77. The van der Waals surface area contributed by atoms with Crippen LogP contribution in [0.15, 0.2) is 48.8 Å². The fourth-order valence-corrected chi connectivity index (χ4v) is 3.21. The van der Waals surface area contributed by atoms with Crippen LogP contribution in [0.25, 0.3) is 28.3 Å². The monoisotopic (exact) mass is 331 g/mol. The molecule has 0 atom stereocenters. The minimum absolute atomic E-state index is 0.659. The molecule has 5 rings (SSSR count). The Morgan fingerprint density at radius 3 is 2.84 bits per heavy atom. The van der Waals surface area contributed by atoms with Crippen molar-refractivity contribution >= 4 is 5.65 Å². The van der Waals surface area contributed by atoms with Crippen molar-refractivity contribution < 1.29 is 0 Å². The number of aromatic nitrogens is 7. The van der Waals surface area contributed by atoms with Gasteiger partial charge < -0.3 is 0 Å². The van der Waals surface area contributed by atoms with Gasteiger partial charge in [0.05, 0.1) is 18.4 Å². The first-order valence-electron chi connectivity index (χ1n) is 8.54. The molecule has 0 radical (unpaired) electrons. The zero-order valence-electron chi connectivity index (χ0n) is 13.7. The van der Waals surface area contributed by atoms with Crippen molar-refractivity contribution in [2.24, 2.45) is 5.92 Å². The fraction of sp³-hybridized carbons (Fsp3) is 0.278. The average molecular weight is 331 g/mol. The summed E-state index contributed by atoms with van der Waals surface area (Å²) in [5, 5.41) is 17.3. The summed E-state index contributed by atoms with van der Waals surface area (Å²) in [7, 11) is 0. The second-order valence-electron chi connectivity index (χ2n) is 6.48. The summed E-state index contributed by atoms with van der Waals surface area (Å²) in [5.41, 5.74) is 3.81. The average Bonchev–Trinajstić information content (AvgIpc) is 3.27. The molecular weight excluding hydrogens is 314 g/mol. The van der Waals surface area contributed by atoms with E-state index in [4.69, 9.17) is 0 Å². The highest BCUT2D eigenvalue weighted by Gasteiger charge is 2.19. The van der Waals surface area contributed by atoms with E-state index in [-0.39, 0.29) is 0 Å². The summed E-state index contributed by atoms with van der Waals surface area (Å²) >= 11 is 0. The minimum Gasteiger partial charge on any atom is -0.237 e. The maximum atomic E-state index is 4.55. The molecule has 25 heavy (non-hydrogen) atoms. The number of hydrogen-bond acceptors (Lipinski definition) is 5. The zero-order valence-corrected chi connectivity index (χ0v) is 13.7. The number of fused-ring (bicyclic) bond motifs is 1. The van der Waals surface area contributed by atoms with Crippen molar-refractivity contribution in [2.75, 3.05) is 0 Å². The van der Waals surface area contributed by atoms with E-state index >= 15 is 0 Å². The number of rotatable bonds is 4. The summed E-state index contributed by atoms with van der Waals surface area (Å²) in [6.07, 6.45) is 7.42. The van der Waals surface area contributed by atoms with Crippen LogP contribution >= 0.6 is 0 Å². The Kier molecular flexibility index (Phi) is 3.29. The Morgan fingerprint density at radius 1 is 1.04 bits per heavy atom. The Balaban J connectivity index is 1.49. The first-order chi connectivity index (χ1) is 12.4. The Hall–Kier alpha value is -3.09. The van der Waals surface area contributed by atoms with E-state index in [1.54, 1.807) is 17.2 Å². The third-order valence-electron chi connectivity index (χ3n) is 4.81. The molecule has 0 amide bonds. The van der Waals surface area contributed by atoms with Crippen LogP contribution in [0.2, 0.25) is 0 Å². The number of nitrogens with zero attached hydrogens (tertiary/aromatic N) is 7. The van der Waals surface area contributed by atoms with Gasteiger partial charge in [0.15, 0.2) is 5.65 Å². The third-order valence-corrected chi connectivity index (χ3v) is 4.81. The molecule has 1 fully saturated rings. The molecule has 0 N–H and O–H groups in total. The van der Waals surface area contributed by atoms with Crippen LogP contribution in [0.5, 0.6) is 0 Å². The molecule has 7 heteroatoms. The number of benzene rings is 1. The molecule has 0 unspecified atom stereocenters. The van der Waals surface area contributed by atoms with Gasteiger partial charge in [0.25, 0.3) is 0 Å². The van der Waals surface area contributed by atoms with Gasteiger partial charge in [-0.05, 0) is 36.1 Å². The standard InChI is InChI=1S/C18H17N7/c1-3-13(4-1)12-24-22-18(21-23-24)15-6-2-5-14(11-15)16-7-9-19-17-8-10-20-25(16)17/h2,5-11,13H,1,3-4,12H2. The summed E-state index contributed by atoms with van der Waals surface area (Å²) in [5.74, 6) is 1.37. The van der Waals surface area contributed by atoms with Gasteiger partial charge in [-0.2, -0.15) is 9.90 Å². The van der Waals surface area contributed by atoms with Crippen molar-refractivity contribution in [1.82, 2.24) is 34.8 Å². The highest BCUT2D eigenvalue weighted by Crippen LogP contribution is 2.28. The predicted molar refractivity (Wildman–Crippen MR) is 92.6 cm³/mol. The van der Waals surface area contributed by atoms with Crippen LogP contribution in [0.3, 0.4) is 0 Å². The SMILES string of the molecule is c1cc(-c2nnn(CC3CCC3)n2)cc(-c2ccnc3ccnn23)c1. The predicted octanol–water partition coefficient (Wildman–Crippen LogP) is 2.85. The highest BCUT2D eigenvalue weighted by atomic mass is 15.6. The van der Waals surface area contributed by atoms with Crippen molar-refractivity contribution in [3.63, 3.8) is 0 Å². The zero-order chi connectivity index (χ0) is 16.6. The molecule has 1 aliphatic carbocycles. The molecule has 1 aromatic carbocycles. The summed E-state index contributed by atoms with van der Waals surface area (Å²) in [6.45, 7) is 0.866. The van der Waals surface area contributed by atoms with E-state index in [0.717, 1.165) is 29.0 Å². The maximum Gasteiger partial charge on any atom is 0.204 e. The van der Waals surface area contributed by atoms with Crippen molar-refractivity contribution in [3.8, 4) is 22.6 Å². The van der Waals surface area contributed by atoms with Crippen molar-refractivity contribution in [3.05, 3.63) is 48.8 Å². The first-order valence-corrected chi connectivity index (χ1v) is 8.54. The lowest BCUT2D eigenvalue weighted by Crippen LogP contribution is -2.19. The van der Waals surface area contributed by atoms with E-state index in [0.29, 0.717) is 11.7 Å². The molecule has 3 aromatic heterocycles. The van der Waals surface area contributed by atoms with Crippen LogP contribution in [0, 0.1) is 5.92 Å². The van der Waals surface area contributed by atoms with Gasteiger partial charge in [0.2, 0.25) is 5.82 Å². The van der Waals surface area contributed by atoms with Gasteiger partial charge in [0.1, 0.15) is 0 Å². The quantitative estimate of drug-likeness (QED) is 0.575. The smallest absolute Gasteiger partial charge is 0.204 e. The topological polar surface area (TPSA) is 73.8 Å². The highest BCUT2D eigenvalue weighted by molar-refractivity contribution is 5.69. The van der Waals surface area contributed by atoms with E-state index < -0.39 is 0 Å². The molecule has 0 bridgehead atoms. The number of tetrazole rings is 1. The lowest BCUT2D eigenvalue weighted by Gasteiger charge is -2.23. The first kappa shape index (κ1) is 14.3. The molecule has 4 aromatic rings. The van der Waals surface area contributed by atoms with Crippen LogP contribution < -0.4 is 0 Å². The molecule has 1 aliphatic rings. The fourth-order valence-electron chi connectivity index (χ4n) is 3.21. The van der Waals surface area contributed by atoms with Crippen LogP contribution in [-0.2, 0) is 6.54 Å². The Labute approximate surface area is 144 Å². The third kappa shape index (κ3) is 2.57. The van der Waals surface area contributed by atoms with Gasteiger partial charge in [-0.1, -0.05) is 24.6 Å². The van der Waals surface area contributed by atoms with E-state index in [1.165, 1.54) is 19.3 Å². The van der Waals surface area contributed by atoms with E-state index in [2.05, 4.69) is 37.6 Å². The van der Waals surface area contributed by atoms with Gasteiger partial charge >= 0.3 is 0 Å². The van der Waals surface area contributed by atoms with Gasteiger partial charge in [-0.25, -0.2) is 9.50 Å².